The minimum Gasteiger partial charge on any atom is -0.481 e. The largest absolute Gasteiger partial charge is 0.481 e. The lowest BCUT2D eigenvalue weighted by Gasteiger charge is -2.20. The van der Waals surface area contributed by atoms with Crippen molar-refractivity contribution in [3.8, 4) is 0 Å². The van der Waals surface area contributed by atoms with Crippen LogP contribution < -0.4 is 0 Å². The van der Waals surface area contributed by atoms with Crippen LogP contribution in [0.5, 0.6) is 0 Å². The van der Waals surface area contributed by atoms with Crippen molar-refractivity contribution in [1.29, 1.82) is 0 Å². The van der Waals surface area contributed by atoms with Crippen LogP contribution in [-0.2, 0) is 14.3 Å². The van der Waals surface area contributed by atoms with Crippen LogP contribution in [0, 0.1) is 5.41 Å². The standard InChI is InChI=1S/C8H14O4S/c1-8(2,7(11)12-3)5-13-4-6(9)10/h4-5H2,1-3H3,(H,9,10). The van der Waals surface area contributed by atoms with E-state index in [1.54, 1.807) is 13.8 Å². The van der Waals surface area contributed by atoms with Gasteiger partial charge >= 0.3 is 11.9 Å². The second-order valence-electron chi connectivity index (χ2n) is 3.26. The van der Waals surface area contributed by atoms with Crippen molar-refractivity contribution in [2.24, 2.45) is 5.41 Å². The molecule has 0 radical (unpaired) electrons. The maximum atomic E-state index is 11.1. The average Bonchev–Trinajstić information content (AvgIpc) is 2.01. The molecule has 0 bridgehead atoms. The first-order valence-corrected chi connectivity index (χ1v) is 4.93. The predicted molar refractivity (Wildman–Crippen MR) is 50.8 cm³/mol. The fourth-order valence-electron chi connectivity index (χ4n) is 0.729. The van der Waals surface area contributed by atoms with Gasteiger partial charge in [-0.15, -0.1) is 11.8 Å². The molecule has 0 atom stereocenters. The van der Waals surface area contributed by atoms with Crippen molar-refractivity contribution in [3.63, 3.8) is 0 Å². The summed E-state index contributed by atoms with van der Waals surface area (Å²) < 4.78 is 4.57. The zero-order valence-electron chi connectivity index (χ0n) is 7.99. The molecule has 0 amide bonds. The molecule has 0 fully saturated rings. The van der Waals surface area contributed by atoms with Gasteiger partial charge in [-0.3, -0.25) is 9.59 Å². The van der Waals surface area contributed by atoms with Gasteiger partial charge in [0, 0.05) is 5.75 Å². The van der Waals surface area contributed by atoms with Crippen LogP contribution in [-0.4, -0.2) is 35.7 Å². The van der Waals surface area contributed by atoms with E-state index in [9.17, 15) is 9.59 Å². The number of rotatable bonds is 5. The third kappa shape index (κ3) is 4.77. The van der Waals surface area contributed by atoms with Crippen molar-refractivity contribution >= 4 is 23.7 Å². The van der Waals surface area contributed by atoms with Gasteiger partial charge in [0.2, 0.25) is 0 Å². The molecule has 0 aliphatic heterocycles. The van der Waals surface area contributed by atoms with E-state index in [0.717, 1.165) is 0 Å². The third-order valence-electron chi connectivity index (χ3n) is 1.43. The predicted octanol–water partition coefficient (Wildman–Crippen LogP) is 1.00. The summed E-state index contributed by atoms with van der Waals surface area (Å²) in [6.07, 6.45) is 0. The summed E-state index contributed by atoms with van der Waals surface area (Å²) in [4.78, 5) is 21.3. The summed E-state index contributed by atoms with van der Waals surface area (Å²) in [5, 5.41) is 8.37. The highest BCUT2D eigenvalue weighted by Gasteiger charge is 2.28. The number of esters is 1. The molecule has 1 N–H and O–H groups in total. The highest BCUT2D eigenvalue weighted by atomic mass is 32.2. The average molecular weight is 206 g/mol. The van der Waals surface area contributed by atoms with Crippen molar-refractivity contribution < 1.29 is 19.4 Å². The Bertz CT molecular complexity index is 200. The fraction of sp³-hybridized carbons (Fsp3) is 0.750. The lowest BCUT2D eigenvalue weighted by Crippen LogP contribution is -2.28. The molecule has 0 unspecified atom stereocenters. The monoisotopic (exact) mass is 206 g/mol. The second kappa shape index (κ2) is 5.11. The summed E-state index contributed by atoms with van der Waals surface area (Å²) in [7, 11) is 1.33. The van der Waals surface area contributed by atoms with E-state index in [4.69, 9.17) is 5.11 Å². The van der Waals surface area contributed by atoms with Gasteiger partial charge in [-0.05, 0) is 13.8 Å². The maximum Gasteiger partial charge on any atom is 0.313 e. The van der Waals surface area contributed by atoms with Gasteiger partial charge in [0.25, 0.3) is 0 Å². The van der Waals surface area contributed by atoms with Crippen LogP contribution in [0.25, 0.3) is 0 Å². The van der Waals surface area contributed by atoms with Gasteiger partial charge in [-0.25, -0.2) is 0 Å². The number of aliphatic carboxylic acids is 1. The molecule has 0 saturated carbocycles. The molecular formula is C8H14O4S. The molecule has 4 nitrogen and oxygen atoms in total. The van der Waals surface area contributed by atoms with Gasteiger partial charge < -0.3 is 9.84 Å². The Morgan fingerprint density at radius 2 is 2.00 bits per heavy atom. The molecule has 13 heavy (non-hydrogen) atoms. The Kier molecular flexibility index (Phi) is 4.83. The highest BCUT2D eigenvalue weighted by molar-refractivity contribution is 7.99. The SMILES string of the molecule is COC(=O)C(C)(C)CSCC(=O)O. The first-order chi connectivity index (χ1) is 5.90. The molecule has 5 heteroatoms. The Morgan fingerprint density at radius 1 is 1.46 bits per heavy atom. The Labute approximate surface area is 81.6 Å². The maximum absolute atomic E-state index is 11.1. The van der Waals surface area contributed by atoms with Crippen LogP contribution in [0.15, 0.2) is 0 Å². The normalized spacial score (nSPS) is 11.0. The van der Waals surface area contributed by atoms with E-state index in [-0.39, 0.29) is 11.7 Å². The highest BCUT2D eigenvalue weighted by Crippen LogP contribution is 2.22. The molecule has 0 aliphatic carbocycles. The van der Waals surface area contributed by atoms with Crippen molar-refractivity contribution in [2.45, 2.75) is 13.8 Å². The van der Waals surface area contributed by atoms with Gasteiger partial charge in [0.05, 0.1) is 18.3 Å². The van der Waals surface area contributed by atoms with Gasteiger partial charge in [-0.2, -0.15) is 0 Å². The lowest BCUT2D eigenvalue weighted by molar-refractivity contribution is -0.149. The second-order valence-corrected chi connectivity index (χ2v) is 4.25. The zero-order valence-corrected chi connectivity index (χ0v) is 8.81. The van der Waals surface area contributed by atoms with Gasteiger partial charge in [0.15, 0.2) is 0 Å². The first kappa shape index (κ1) is 12.3. The quantitative estimate of drug-likeness (QED) is 0.680. The number of methoxy groups -OCH3 is 1. The van der Waals surface area contributed by atoms with Gasteiger partial charge in [0.1, 0.15) is 0 Å². The van der Waals surface area contributed by atoms with E-state index in [0.29, 0.717) is 5.75 Å². The molecule has 0 aromatic rings. The number of carboxylic acids is 1. The van der Waals surface area contributed by atoms with E-state index in [2.05, 4.69) is 4.74 Å². The Hall–Kier alpha value is -0.710. The van der Waals surface area contributed by atoms with Crippen LogP contribution >= 0.6 is 11.8 Å². The van der Waals surface area contributed by atoms with Crippen molar-refractivity contribution in [1.82, 2.24) is 0 Å². The van der Waals surface area contributed by atoms with Crippen LogP contribution in [0.1, 0.15) is 13.8 Å². The molecule has 0 aromatic carbocycles. The van der Waals surface area contributed by atoms with Gasteiger partial charge in [-0.1, -0.05) is 0 Å². The number of hydrogen-bond acceptors (Lipinski definition) is 4. The number of carboxylic acid groups (broad SMARTS) is 1. The lowest BCUT2D eigenvalue weighted by atomic mass is 9.97. The van der Waals surface area contributed by atoms with Crippen molar-refractivity contribution in [2.75, 3.05) is 18.6 Å². The molecule has 76 valence electrons. The van der Waals surface area contributed by atoms with Crippen LogP contribution in [0.3, 0.4) is 0 Å². The Balaban J connectivity index is 3.89. The number of ether oxygens (including phenoxy) is 1. The fourth-order valence-corrected chi connectivity index (χ4v) is 1.63. The number of carbonyl (C=O) groups is 2. The number of hydrogen-bond donors (Lipinski definition) is 1. The molecule has 0 aliphatic rings. The summed E-state index contributed by atoms with van der Waals surface area (Å²) in [6.45, 7) is 3.46. The van der Waals surface area contributed by atoms with E-state index < -0.39 is 11.4 Å². The molecule has 0 heterocycles. The third-order valence-corrected chi connectivity index (χ3v) is 2.80. The molecule has 0 rings (SSSR count). The van der Waals surface area contributed by atoms with Crippen LogP contribution in [0.2, 0.25) is 0 Å². The first-order valence-electron chi connectivity index (χ1n) is 3.78. The van der Waals surface area contributed by atoms with Crippen molar-refractivity contribution in [3.05, 3.63) is 0 Å². The molecule has 0 aromatic heterocycles. The number of carbonyl (C=O) groups excluding carboxylic acids is 1. The zero-order chi connectivity index (χ0) is 10.5. The van der Waals surface area contributed by atoms with E-state index >= 15 is 0 Å². The van der Waals surface area contributed by atoms with Crippen LogP contribution in [0.4, 0.5) is 0 Å². The summed E-state index contributed by atoms with van der Waals surface area (Å²) in [5.41, 5.74) is -0.616. The summed E-state index contributed by atoms with van der Waals surface area (Å²) in [6, 6.07) is 0. The minimum atomic E-state index is -0.870. The van der Waals surface area contributed by atoms with E-state index in [1.807, 2.05) is 0 Å². The van der Waals surface area contributed by atoms with E-state index in [1.165, 1.54) is 18.9 Å². The summed E-state index contributed by atoms with van der Waals surface area (Å²) >= 11 is 1.21. The summed E-state index contributed by atoms with van der Waals surface area (Å²) in [5.74, 6) is -0.720. The molecule has 0 saturated heterocycles. The Morgan fingerprint density at radius 3 is 2.38 bits per heavy atom. The minimum absolute atomic E-state index is 0.0143. The number of thioether (sulfide) groups is 1. The topological polar surface area (TPSA) is 63.6 Å². The smallest absolute Gasteiger partial charge is 0.313 e. The molecule has 0 spiro atoms. The molecular weight excluding hydrogens is 192 g/mol.